The van der Waals surface area contributed by atoms with Crippen LogP contribution in [-0.4, -0.2) is 0 Å². The van der Waals surface area contributed by atoms with Gasteiger partial charge in [-0.1, -0.05) is 48.5 Å². The van der Waals surface area contributed by atoms with E-state index in [1.807, 2.05) is 0 Å². The van der Waals surface area contributed by atoms with Gasteiger partial charge in [-0.25, -0.2) is 0 Å². The van der Waals surface area contributed by atoms with Gasteiger partial charge in [0, 0.05) is 0 Å². The van der Waals surface area contributed by atoms with Crippen LogP contribution >= 0.6 is 0 Å². The summed E-state index contributed by atoms with van der Waals surface area (Å²) in [5.41, 5.74) is 0. The molecule has 0 N–H and O–H groups in total. The van der Waals surface area contributed by atoms with Crippen molar-refractivity contribution < 1.29 is 0 Å². The second kappa shape index (κ2) is 6.48. The topological polar surface area (TPSA) is 0 Å². The first-order valence-electron chi connectivity index (χ1n) is 6.34. The van der Waals surface area contributed by atoms with Crippen LogP contribution in [-0.2, 0) is 0 Å². The van der Waals surface area contributed by atoms with Gasteiger partial charge in [0.1, 0.15) is 0 Å². The highest BCUT2D eigenvalue weighted by Gasteiger charge is 2.21. The van der Waals surface area contributed by atoms with E-state index in [1.165, 1.54) is 12.8 Å². The van der Waals surface area contributed by atoms with Crippen LogP contribution in [0.25, 0.3) is 0 Å². The van der Waals surface area contributed by atoms with Crippen LogP contribution in [0.3, 0.4) is 0 Å². The average molecular weight is 198 g/mol. The van der Waals surface area contributed by atoms with Crippen molar-refractivity contribution in [1.82, 2.24) is 0 Å². The normalized spacial score (nSPS) is 14.8. The van der Waals surface area contributed by atoms with E-state index < -0.39 is 0 Å². The van der Waals surface area contributed by atoms with Crippen molar-refractivity contribution >= 4 is 0 Å². The molecule has 0 amide bonds. The second-order valence-corrected chi connectivity index (χ2v) is 6.12. The fourth-order valence-corrected chi connectivity index (χ4v) is 2.28. The molecule has 0 heteroatoms. The molecule has 0 saturated heterocycles. The maximum atomic E-state index is 2.43. The summed E-state index contributed by atoms with van der Waals surface area (Å²) in [7, 11) is 0. The van der Waals surface area contributed by atoms with Gasteiger partial charge in [0.2, 0.25) is 0 Å². The third-order valence-electron chi connectivity index (χ3n) is 3.34. The van der Waals surface area contributed by atoms with Gasteiger partial charge in [-0.05, 0) is 42.4 Å². The summed E-state index contributed by atoms with van der Waals surface area (Å²) in [4.78, 5) is 0. The molecule has 0 aliphatic carbocycles. The van der Waals surface area contributed by atoms with Crippen molar-refractivity contribution in [2.75, 3.05) is 0 Å². The smallest absolute Gasteiger partial charge is 0.0381 e. The first-order valence-corrected chi connectivity index (χ1v) is 6.34. The molecule has 0 heterocycles. The van der Waals surface area contributed by atoms with Crippen LogP contribution in [0.15, 0.2) is 0 Å². The van der Waals surface area contributed by atoms with Crippen molar-refractivity contribution in [3.63, 3.8) is 0 Å². The molecule has 0 rings (SSSR count). The highest BCUT2D eigenvalue weighted by Crippen LogP contribution is 2.31. The van der Waals surface area contributed by atoms with E-state index in [4.69, 9.17) is 0 Å². The van der Waals surface area contributed by atoms with Gasteiger partial charge in [0.05, 0.1) is 0 Å². The molecule has 0 radical (unpaired) electrons. The van der Waals surface area contributed by atoms with E-state index >= 15 is 0 Å². The fraction of sp³-hybridized carbons (Fsp3) is 1.00. The lowest BCUT2D eigenvalue weighted by atomic mass is 9.76. The van der Waals surface area contributed by atoms with Crippen LogP contribution in [0, 0.1) is 29.6 Å². The molecule has 0 nitrogen and oxygen atoms in total. The van der Waals surface area contributed by atoms with Gasteiger partial charge in [-0.3, -0.25) is 0 Å². The van der Waals surface area contributed by atoms with Gasteiger partial charge >= 0.3 is 0 Å². The highest BCUT2D eigenvalue weighted by atomic mass is 14.3. The van der Waals surface area contributed by atoms with Crippen molar-refractivity contribution in [1.29, 1.82) is 0 Å². The minimum atomic E-state index is 0.831. The summed E-state index contributed by atoms with van der Waals surface area (Å²) >= 11 is 0. The van der Waals surface area contributed by atoms with Crippen molar-refractivity contribution in [3.8, 4) is 0 Å². The molecule has 0 fully saturated rings. The molecule has 14 heavy (non-hydrogen) atoms. The molecule has 0 saturated carbocycles. The predicted octanol–water partition coefficient (Wildman–Crippen LogP) is 4.99. The Morgan fingerprint density at radius 1 is 0.643 bits per heavy atom. The monoisotopic (exact) mass is 198 g/mol. The van der Waals surface area contributed by atoms with Crippen molar-refractivity contribution in [2.24, 2.45) is 29.6 Å². The van der Waals surface area contributed by atoms with Crippen LogP contribution < -0.4 is 0 Å². The van der Waals surface area contributed by atoms with Crippen LogP contribution in [0.2, 0.25) is 0 Å². The van der Waals surface area contributed by atoms with E-state index in [0.717, 1.165) is 29.6 Å². The lowest BCUT2D eigenvalue weighted by molar-refractivity contribution is 0.206. The van der Waals surface area contributed by atoms with Gasteiger partial charge < -0.3 is 0 Å². The summed E-state index contributed by atoms with van der Waals surface area (Å²) in [6, 6.07) is 0. The number of rotatable bonds is 6. The number of hydrogen-bond acceptors (Lipinski definition) is 0. The van der Waals surface area contributed by atoms with Gasteiger partial charge in [0.25, 0.3) is 0 Å². The van der Waals surface area contributed by atoms with Crippen molar-refractivity contribution in [3.05, 3.63) is 0 Å². The van der Waals surface area contributed by atoms with E-state index in [0.29, 0.717) is 0 Å². The van der Waals surface area contributed by atoms with Gasteiger partial charge in [0.15, 0.2) is 0 Å². The lowest BCUT2D eigenvalue weighted by Gasteiger charge is -2.29. The average Bonchev–Trinajstić information content (AvgIpc) is 1.99. The van der Waals surface area contributed by atoms with Crippen LogP contribution in [0.4, 0.5) is 0 Å². The SMILES string of the molecule is CC(C)CC(CC(C)C)C(C)C(C)C. The third-order valence-corrected chi connectivity index (χ3v) is 3.34. The van der Waals surface area contributed by atoms with E-state index in [9.17, 15) is 0 Å². The molecule has 86 valence electrons. The maximum absolute atomic E-state index is 2.43. The first kappa shape index (κ1) is 14.0. The standard InChI is InChI=1S/C14H30/c1-10(2)8-14(9-11(3)4)13(7)12(5)6/h10-14H,8-9H2,1-7H3. The summed E-state index contributed by atoms with van der Waals surface area (Å²) in [6.07, 6.45) is 2.80. The third kappa shape index (κ3) is 5.67. The molecule has 1 unspecified atom stereocenters. The molecule has 0 aromatic carbocycles. The summed E-state index contributed by atoms with van der Waals surface area (Å²) < 4.78 is 0. The summed E-state index contributed by atoms with van der Waals surface area (Å²) in [5, 5.41) is 0. The maximum Gasteiger partial charge on any atom is -0.0381 e. The fourth-order valence-electron chi connectivity index (χ4n) is 2.28. The quantitative estimate of drug-likeness (QED) is 0.564. The van der Waals surface area contributed by atoms with E-state index in [1.54, 1.807) is 0 Å². The zero-order valence-corrected chi connectivity index (χ0v) is 11.3. The van der Waals surface area contributed by atoms with E-state index in [2.05, 4.69) is 48.5 Å². The summed E-state index contributed by atoms with van der Waals surface area (Å²) in [6.45, 7) is 16.5. The Morgan fingerprint density at radius 2 is 1.00 bits per heavy atom. The minimum Gasteiger partial charge on any atom is -0.0628 e. The van der Waals surface area contributed by atoms with E-state index in [-0.39, 0.29) is 0 Å². The highest BCUT2D eigenvalue weighted by molar-refractivity contribution is 4.72. The molecule has 0 aliphatic heterocycles. The Morgan fingerprint density at radius 3 is 1.21 bits per heavy atom. The largest absolute Gasteiger partial charge is 0.0628 e. The van der Waals surface area contributed by atoms with Crippen molar-refractivity contribution in [2.45, 2.75) is 61.3 Å². The zero-order valence-electron chi connectivity index (χ0n) is 11.3. The number of hydrogen-bond donors (Lipinski definition) is 0. The molecule has 0 spiro atoms. The molecule has 0 aromatic heterocycles. The van der Waals surface area contributed by atoms with Gasteiger partial charge in [-0.2, -0.15) is 0 Å². The zero-order chi connectivity index (χ0) is 11.3. The second-order valence-electron chi connectivity index (χ2n) is 6.12. The predicted molar refractivity (Wildman–Crippen MR) is 66.4 cm³/mol. The first-order chi connectivity index (χ1) is 6.34. The molecular weight excluding hydrogens is 168 g/mol. The van der Waals surface area contributed by atoms with Crippen LogP contribution in [0.1, 0.15) is 61.3 Å². The Labute approximate surface area is 91.5 Å². The Kier molecular flexibility index (Phi) is 6.48. The molecule has 0 bridgehead atoms. The lowest BCUT2D eigenvalue weighted by Crippen LogP contribution is -2.20. The Balaban J connectivity index is 4.22. The van der Waals surface area contributed by atoms with Gasteiger partial charge in [-0.15, -0.1) is 0 Å². The Bertz CT molecular complexity index is 123. The van der Waals surface area contributed by atoms with Crippen LogP contribution in [0.5, 0.6) is 0 Å². The summed E-state index contributed by atoms with van der Waals surface area (Å²) in [5.74, 6) is 4.33. The molecular formula is C14H30. The molecule has 0 aromatic rings. The Hall–Kier alpha value is 0. The molecule has 0 aliphatic rings. The minimum absolute atomic E-state index is 0.831. The molecule has 1 atom stereocenters.